The molecule has 2 heterocycles. The third kappa shape index (κ3) is 3.89. The van der Waals surface area contributed by atoms with Crippen LogP contribution in [0.4, 0.5) is 0 Å². The highest BCUT2D eigenvalue weighted by atomic mass is 15.1. The molecule has 2 aromatic heterocycles. The van der Waals surface area contributed by atoms with Crippen molar-refractivity contribution in [3.8, 4) is 39.9 Å². The molecule has 7 aromatic rings. The second-order valence-corrected chi connectivity index (χ2v) is 9.83. The fourth-order valence-corrected chi connectivity index (χ4v) is 5.45. The van der Waals surface area contributed by atoms with Crippen molar-refractivity contribution >= 4 is 21.8 Å². The summed E-state index contributed by atoms with van der Waals surface area (Å²) in [5, 5.41) is 2.45. The van der Waals surface area contributed by atoms with Gasteiger partial charge in [-0.05, 0) is 37.1 Å². The minimum atomic E-state index is 0.661. The molecule has 0 fully saturated rings. The molecule has 0 aliphatic rings. The summed E-state index contributed by atoms with van der Waals surface area (Å²) >= 11 is 0. The molecule has 39 heavy (non-hydrogen) atoms. The largest absolute Gasteiger partial charge is 0.308 e. The Morgan fingerprint density at radius 2 is 0.872 bits per heavy atom. The minimum absolute atomic E-state index is 0.661. The zero-order valence-electron chi connectivity index (χ0n) is 21.8. The van der Waals surface area contributed by atoms with Gasteiger partial charge in [-0.25, -0.2) is 15.0 Å². The van der Waals surface area contributed by atoms with Crippen molar-refractivity contribution < 1.29 is 0 Å². The fraction of sp³-hybridized carbons (Fsp3) is 0.0571. The molecular formula is C35H26N4. The summed E-state index contributed by atoms with van der Waals surface area (Å²) < 4.78 is 2.37. The standard InChI is InChI=1S/C35H26N4/c1-23-21-22-24(2)32(39-29-19-11-9-17-27(29)28-18-10-12-20-30(28)39)31(23)35-37-33(25-13-5-3-6-14-25)36-34(38-35)26-15-7-4-8-16-26/h3-22H,1-2H3. The maximum Gasteiger partial charge on any atom is 0.166 e. The summed E-state index contributed by atoms with van der Waals surface area (Å²) in [6, 6.07) is 41.8. The molecule has 0 amide bonds. The molecule has 4 nitrogen and oxygen atoms in total. The van der Waals surface area contributed by atoms with E-state index in [1.54, 1.807) is 0 Å². The summed E-state index contributed by atoms with van der Waals surface area (Å²) in [5.74, 6) is 1.99. The van der Waals surface area contributed by atoms with Crippen LogP contribution in [-0.4, -0.2) is 19.5 Å². The number of hydrogen-bond donors (Lipinski definition) is 0. The normalized spacial score (nSPS) is 11.3. The van der Waals surface area contributed by atoms with Gasteiger partial charge in [0, 0.05) is 27.5 Å². The maximum absolute atomic E-state index is 5.10. The lowest BCUT2D eigenvalue weighted by molar-refractivity contribution is 1.05. The molecule has 0 saturated carbocycles. The lowest BCUT2D eigenvalue weighted by Crippen LogP contribution is -2.06. The second-order valence-electron chi connectivity index (χ2n) is 9.83. The van der Waals surface area contributed by atoms with Crippen LogP contribution in [0.15, 0.2) is 121 Å². The molecule has 5 aromatic carbocycles. The Morgan fingerprint density at radius 1 is 0.436 bits per heavy atom. The van der Waals surface area contributed by atoms with Crippen LogP contribution < -0.4 is 0 Å². The van der Waals surface area contributed by atoms with Gasteiger partial charge in [-0.1, -0.05) is 109 Å². The number of aryl methyl sites for hydroxylation is 2. The van der Waals surface area contributed by atoms with E-state index in [1.165, 1.54) is 10.8 Å². The van der Waals surface area contributed by atoms with Gasteiger partial charge >= 0.3 is 0 Å². The van der Waals surface area contributed by atoms with Gasteiger partial charge in [0.25, 0.3) is 0 Å². The van der Waals surface area contributed by atoms with Crippen LogP contribution in [0.25, 0.3) is 61.7 Å². The first-order chi connectivity index (χ1) is 19.2. The summed E-state index contributed by atoms with van der Waals surface area (Å²) in [5.41, 5.74) is 8.62. The summed E-state index contributed by atoms with van der Waals surface area (Å²) in [6.07, 6.45) is 0. The Balaban J connectivity index is 1.58. The van der Waals surface area contributed by atoms with Gasteiger partial charge in [0.2, 0.25) is 0 Å². The predicted octanol–water partition coefficient (Wildman–Crippen LogP) is 8.59. The van der Waals surface area contributed by atoms with Crippen LogP contribution in [0.5, 0.6) is 0 Å². The number of hydrogen-bond acceptors (Lipinski definition) is 3. The van der Waals surface area contributed by atoms with Crippen LogP contribution in [0, 0.1) is 13.8 Å². The first kappa shape index (κ1) is 23.1. The van der Waals surface area contributed by atoms with Gasteiger partial charge in [-0.2, -0.15) is 0 Å². The zero-order chi connectivity index (χ0) is 26.3. The molecule has 0 unspecified atom stereocenters. The Morgan fingerprint density at radius 3 is 1.41 bits per heavy atom. The molecule has 0 aliphatic carbocycles. The van der Waals surface area contributed by atoms with E-state index in [0.29, 0.717) is 17.5 Å². The van der Waals surface area contributed by atoms with E-state index in [4.69, 9.17) is 15.0 Å². The van der Waals surface area contributed by atoms with Gasteiger partial charge in [0.05, 0.1) is 16.7 Å². The average molecular weight is 503 g/mol. The minimum Gasteiger partial charge on any atom is -0.308 e. The molecule has 0 atom stereocenters. The quantitative estimate of drug-likeness (QED) is 0.242. The lowest BCUT2D eigenvalue weighted by atomic mass is 10.0. The average Bonchev–Trinajstić information content (AvgIpc) is 3.33. The van der Waals surface area contributed by atoms with Gasteiger partial charge < -0.3 is 4.57 Å². The van der Waals surface area contributed by atoms with Crippen LogP contribution >= 0.6 is 0 Å². The molecule has 0 N–H and O–H groups in total. The SMILES string of the molecule is Cc1ccc(C)c(-n2c3ccccc3c3ccccc32)c1-c1nc(-c2ccccc2)nc(-c2ccccc2)n1. The molecule has 0 bridgehead atoms. The second kappa shape index (κ2) is 9.34. The first-order valence-corrected chi connectivity index (χ1v) is 13.1. The third-order valence-corrected chi connectivity index (χ3v) is 7.31. The molecule has 0 aliphatic heterocycles. The van der Waals surface area contributed by atoms with Crippen LogP contribution in [0.1, 0.15) is 11.1 Å². The van der Waals surface area contributed by atoms with Gasteiger partial charge in [-0.15, -0.1) is 0 Å². The van der Waals surface area contributed by atoms with Gasteiger partial charge in [0.15, 0.2) is 17.5 Å². The Kier molecular flexibility index (Phi) is 5.52. The highest BCUT2D eigenvalue weighted by Gasteiger charge is 2.22. The van der Waals surface area contributed by atoms with Gasteiger partial charge in [-0.3, -0.25) is 0 Å². The van der Waals surface area contributed by atoms with E-state index in [9.17, 15) is 0 Å². The number of para-hydroxylation sites is 2. The maximum atomic E-state index is 5.10. The van der Waals surface area contributed by atoms with E-state index in [2.05, 4.69) is 79.1 Å². The van der Waals surface area contributed by atoms with Gasteiger partial charge in [0.1, 0.15) is 0 Å². The van der Waals surface area contributed by atoms with E-state index in [1.807, 2.05) is 60.7 Å². The van der Waals surface area contributed by atoms with Crippen molar-refractivity contribution in [1.82, 2.24) is 19.5 Å². The number of aromatic nitrogens is 4. The highest BCUT2D eigenvalue weighted by Crippen LogP contribution is 2.39. The number of benzene rings is 5. The fourth-order valence-electron chi connectivity index (χ4n) is 5.45. The molecular weight excluding hydrogens is 476 g/mol. The van der Waals surface area contributed by atoms with Crippen molar-refractivity contribution in [3.05, 3.63) is 132 Å². The van der Waals surface area contributed by atoms with Crippen LogP contribution in [0.3, 0.4) is 0 Å². The van der Waals surface area contributed by atoms with Crippen molar-refractivity contribution in [3.63, 3.8) is 0 Å². The Labute approximate surface area is 227 Å². The zero-order valence-corrected chi connectivity index (χ0v) is 21.8. The van der Waals surface area contributed by atoms with Crippen LogP contribution in [0.2, 0.25) is 0 Å². The van der Waals surface area contributed by atoms with Crippen molar-refractivity contribution in [2.45, 2.75) is 13.8 Å². The first-order valence-electron chi connectivity index (χ1n) is 13.1. The lowest BCUT2D eigenvalue weighted by Gasteiger charge is -2.19. The number of nitrogens with zero attached hydrogens (tertiary/aromatic N) is 4. The highest BCUT2D eigenvalue weighted by molar-refractivity contribution is 6.09. The van der Waals surface area contributed by atoms with E-state index >= 15 is 0 Å². The molecule has 7 rings (SSSR count). The van der Waals surface area contributed by atoms with Crippen molar-refractivity contribution in [2.24, 2.45) is 0 Å². The topological polar surface area (TPSA) is 43.6 Å². The summed E-state index contributed by atoms with van der Waals surface area (Å²) in [7, 11) is 0. The van der Waals surface area contributed by atoms with E-state index < -0.39 is 0 Å². The summed E-state index contributed by atoms with van der Waals surface area (Å²) in [4.78, 5) is 15.1. The predicted molar refractivity (Wildman–Crippen MR) is 160 cm³/mol. The Bertz CT molecular complexity index is 1860. The molecule has 0 saturated heterocycles. The molecule has 4 heteroatoms. The summed E-state index contributed by atoms with van der Waals surface area (Å²) in [6.45, 7) is 4.31. The molecule has 0 spiro atoms. The third-order valence-electron chi connectivity index (χ3n) is 7.31. The smallest absolute Gasteiger partial charge is 0.166 e. The molecule has 186 valence electrons. The Hall–Kier alpha value is -5.09. The van der Waals surface area contributed by atoms with Crippen molar-refractivity contribution in [2.75, 3.05) is 0 Å². The van der Waals surface area contributed by atoms with Crippen LogP contribution in [-0.2, 0) is 0 Å². The van der Waals surface area contributed by atoms with E-state index in [0.717, 1.165) is 44.5 Å². The number of fused-ring (bicyclic) bond motifs is 3. The van der Waals surface area contributed by atoms with E-state index in [-0.39, 0.29) is 0 Å². The number of rotatable bonds is 4. The molecule has 0 radical (unpaired) electrons. The monoisotopic (exact) mass is 502 g/mol. The van der Waals surface area contributed by atoms with Crippen molar-refractivity contribution in [1.29, 1.82) is 0 Å².